The van der Waals surface area contributed by atoms with Crippen molar-refractivity contribution in [2.75, 3.05) is 39.3 Å². The van der Waals surface area contributed by atoms with Crippen molar-refractivity contribution in [3.63, 3.8) is 0 Å². The lowest BCUT2D eigenvalue weighted by Crippen LogP contribution is -2.65. The topological polar surface area (TPSA) is 69.1 Å². The minimum Gasteiger partial charge on any atom is -0.393 e. The summed E-state index contributed by atoms with van der Waals surface area (Å²) >= 11 is 0. The van der Waals surface area contributed by atoms with Gasteiger partial charge in [-0.1, -0.05) is 13.8 Å². The van der Waals surface area contributed by atoms with Crippen LogP contribution >= 0.6 is 0 Å². The molecule has 2 rings (SSSR count). The molecule has 1 aliphatic carbocycles. The summed E-state index contributed by atoms with van der Waals surface area (Å²) in [6, 6.07) is 0.436. The van der Waals surface area contributed by atoms with Gasteiger partial charge in [-0.05, 0) is 58.9 Å². The molecule has 3 N–H and O–H groups in total. The Morgan fingerprint density at radius 3 is 2.48 bits per heavy atom. The van der Waals surface area contributed by atoms with Crippen LogP contribution < -0.4 is 10.6 Å². The summed E-state index contributed by atoms with van der Waals surface area (Å²) < 4.78 is 6.00. The summed E-state index contributed by atoms with van der Waals surface area (Å²) in [4.78, 5) is 7.26. The number of aliphatic hydroxyl groups is 1. The summed E-state index contributed by atoms with van der Waals surface area (Å²) in [5.74, 6) is 0.942. The van der Waals surface area contributed by atoms with Gasteiger partial charge in [0.15, 0.2) is 5.96 Å². The second-order valence-corrected chi connectivity index (χ2v) is 8.00. The first-order valence-corrected chi connectivity index (χ1v) is 11.2. The van der Waals surface area contributed by atoms with E-state index in [0.717, 1.165) is 83.8 Å². The SMILES string of the molecule is CCNC(=NCCCN1CCC(O)CC1)NC1CC(OCC)C1(CC)CC. The van der Waals surface area contributed by atoms with E-state index in [1.54, 1.807) is 0 Å². The average Bonchev–Trinajstić information content (AvgIpc) is 2.66. The number of guanidine groups is 1. The number of nitrogens with one attached hydrogen (secondary N) is 2. The number of nitrogens with zero attached hydrogens (tertiary/aromatic N) is 2. The van der Waals surface area contributed by atoms with Crippen LogP contribution in [0.2, 0.25) is 0 Å². The smallest absolute Gasteiger partial charge is 0.191 e. The standard InChI is InChI=1S/C21H42N4O2/c1-5-21(6-2)18(16-19(21)27-8-4)24-20(22-7-3)23-12-9-13-25-14-10-17(26)11-15-25/h17-19,26H,5-16H2,1-4H3,(H2,22,23,24). The molecule has 1 aliphatic heterocycles. The van der Waals surface area contributed by atoms with E-state index in [-0.39, 0.29) is 11.5 Å². The summed E-state index contributed by atoms with van der Waals surface area (Å²) in [5.41, 5.74) is 0.223. The van der Waals surface area contributed by atoms with E-state index in [1.807, 2.05) is 0 Å². The molecular formula is C21H42N4O2. The summed E-state index contributed by atoms with van der Waals surface area (Å²) in [7, 11) is 0. The molecule has 27 heavy (non-hydrogen) atoms. The first-order chi connectivity index (χ1) is 13.1. The number of aliphatic hydroxyl groups excluding tert-OH is 1. The monoisotopic (exact) mass is 382 g/mol. The maximum Gasteiger partial charge on any atom is 0.191 e. The van der Waals surface area contributed by atoms with E-state index in [1.165, 1.54) is 0 Å². The lowest BCUT2D eigenvalue weighted by molar-refractivity contribution is -0.133. The van der Waals surface area contributed by atoms with E-state index in [9.17, 15) is 5.11 Å². The molecular weight excluding hydrogens is 340 g/mol. The van der Waals surface area contributed by atoms with Crippen molar-refractivity contribution in [2.45, 2.75) is 84.5 Å². The average molecular weight is 383 g/mol. The summed E-state index contributed by atoms with van der Waals surface area (Å²) in [6.07, 6.45) is 6.48. The highest BCUT2D eigenvalue weighted by Crippen LogP contribution is 2.48. The van der Waals surface area contributed by atoms with E-state index >= 15 is 0 Å². The fourth-order valence-corrected chi connectivity index (χ4v) is 4.70. The van der Waals surface area contributed by atoms with Gasteiger partial charge in [0.2, 0.25) is 0 Å². The molecule has 2 atom stereocenters. The molecule has 6 nitrogen and oxygen atoms in total. The van der Waals surface area contributed by atoms with Gasteiger partial charge in [0, 0.05) is 44.2 Å². The normalized spacial score (nSPS) is 26.6. The van der Waals surface area contributed by atoms with Crippen LogP contribution in [-0.2, 0) is 4.74 Å². The van der Waals surface area contributed by atoms with Gasteiger partial charge in [0.1, 0.15) is 0 Å². The van der Waals surface area contributed by atoms with Crippen molar-refractivity contribution >= 4 is 5.96 Å². The third-order valence-electron chi connectivity index (χ3n) is 6.58. The molecule has 0 spiro atoms. The third-order valence-corrected chi connectivity index (χ3v) is 6.58. The predicted octanol–water partition coefficient (Wildman–Crippen LogP) is 2.37. The van der Waals surface area contributed by atoms with Crippen LogP contribution in [0.15, 0.2) is 4.99 Å². The first kappa shape index (κ1) is 22.4. The molecule has 2 unspecified atom stereocenters. The molecule has 1 heterocycles. The maximum atomic E-state index is 9.60. The minimum atomic E-state index is -0.0933. The highest BCUT2D eigenvalue weighted by atomic mass is 16.5. The molecule has 0 radical (unpaired) electrons. The molecule has 1 saturated carbocycles. The summed E-state index contributed by atoms with van der Waals surface area (Å²) in [6.45, 7) is 14.4. The van der Waals surface area contributed by atoms with Gasteiger partial charge in [0.25, 0.3) is 0 Å². The number of hydrogen-bond donors (Lipinski definition) is 3. The number of hydrogen-bond acceptors (Lipinski definition) is 4. The van der Waals surface area contributed by atoms with Crippen LogP contribution in [0, 0.1) is 5.41 Å². The zero-order chi connectivity index (χ0) is 19.7. The van der Waals surface area contributed by atoms with Crippen LogP contribution in [0.1, 0.15) is 66.2 Å². The number of aliphatic imine (C=N–C) groups is 1. The van der Waals surface area contributed by atoms with Crippen LogP contribution in [0.3, 0.4) is 0 Å². The molecule has 2 fully saturated rings. The van der Waals surface area contributed by atoms with Crippen molar-refractivity contribution < 1.29 is 9.84 Å². The number of likely N-dealkylation sites (tertiary alicyclic amines) is 1. The number of piperidine rings is 1. The number of rotatable bonds is 10. The highest BCUT2D eigenvalue weighted by molar-refractivity contribution is 5.80. The molecule has 0 amide bonds. The van der Waals surface area contributed by atoms with Crippen LogP contribution in [0.25, 0.3) is 0 Å². The van der Waals surface area contributed by atoms with Crippen molar-refractivity contribution in [3.05, 3.63) is 0 Å². The van der Waals surface area contributed by atoms with E-state index < -0.39 is 0 Å². The zero-order valence-corrected chi connectivity index (χ0v) is 18.0. The van der Waals surface area contributed by atoms with Gasteiger partial charge in [-0.3, -0.25) is 4.99 Å². The molecule has 158 valence electrons. The molecule has 0 bridgehead atoms. The van der Waals surface area contributed by atoms with Crippen LogP contribution in [0.5, 0.6) is 0 Å². The minimum absolute atomic E-state index is 0.0933. The molecule has 1 saturated heterocycles. The molecule has 0 aromatic carbocycles. The van der Waals surface area contributed by atoms with Gasteiger partial charge in [-0.25, -0.2) is 0 Å². The molecule has 2 aliphatic rings. The second kappa shape index (κ2) is 11.2. The first-order valence-electron chi connectivity index (χ1n) is 11.2. The molecule has 0 aromatic rings. The van der Waals surface area contributed by atoms with E-state index in [4.69, 9.17) is 9.73 Å². The predicted molar refractivity (Wildman–Crippen MR) is 112 cm³/mol. The van der Waals surface area contributed by atoms with Crippen molar-refractivity contribution in [3.8, 4) is 0 Å². The van der Waals surface area contributed by atoms with Crippen molar-refractivity contribution in [1.82, 2.24) is 15.5 Å². The molecule has 0 aromatic heterocycles. The number of ether oxygens (including phenoxy) is 1. The Hall–Kier alpha value is -0.850. The Balaban J connectivity index is 1.82. The highest BCUT2D eigenvalue weighted by Gasteiger charge is 2.53. The Morgan fingerprint density at radius 2 is 1.89 bits per heavy atom. The maximum absolute atomic E-state index is 9.60. The van der Waals surface area contributed by atoms with Gasteiger partial charge in [-0.15, -0.1) is 0 Å². The van der Waals surface area contributed by atoms with Crippen molar-refractivity contribution in [2.24, 2.45) is 10.4 Å². The second-order valence-electron chi connectivity index (χ2n) is 8.00. The van der Waals surface area contributed by atoms with E-state index in [0.29, 0.717) is 12.1 Å². The largest absolute Gasteiger partial charge is 0.393 e. The van der Waals surface area contributed by atoms with Crippen LogP contribution in [0.4, 0.5) is 0 Å². The quantitative estimate of drug-likeness (QED) is 0.307. The fourth-order valence-electron chi connectivity index (χ4n) is 4.70. The summed E-state index contributed by atoms with van der Waals surface area (Å²) in [5, 5.41) is 16.7. The van der Waals surface area contributed by atoms with Gasteiger partial charge >= 0.3 is 0 Å². The lowest BCUT2D eigenvalue weighted by Gasteiger charge is -2.55. The van der Waals surface area contributed by atoms with Gasteiger partial charge < -0.3 is 25.4 Å². The lowest BCUT2D eigenvalue weighted by atomic mass is 9.58. The van der Waals surface area contributed by atoms with Gasteiger partial charge in [0.05, 0.1) is 12.2 Å². The van der Waals surface area contributed by atoms with Crippen LogP contribution in [-0.4, -0.2) is 73.5 Å². The van der Waals surface area contributed by atoms with Gasteiger partial charge in [-0.2, -0.15) is 0 Å². The fraction of sp³-hybridized carbons (Fsp3) is 0.952. The Morgan fingerprint density at radius 1 is 1.19 bits per heavy atom. The Labute approximate surface area is 166 Å². The molecule has 6 heteroatoms. The van der Waals surface area contributed by atoms with Crippen molar-refractivity contribution in [1.29, 1.82) is 0 Å². The zero-order valence-electron chi connectivity index (χ0n) is 18.0. The third kappa shape index (κ3) is 5.81. The Bertz CT molecular complexity index is 445. The van der Waals surface area contributed by atoms with E-state index in [2.05, 4.69) is 43.2 Å². The Kier molecular flexibility index (Phi) is 9.33.